The summed E-state index contributed by atoms with van der Waals surface area (Å²) in [4.78, 5) is 11.9. The Bertz CT molecular complexity index is 420. The van der Waals surface area contributed by atoms with Gasteiger partial charge in [0.05, 0.1) is 12.6 Å². The molecule has 1 aromatic rings. The Labute approximate surface area is 109 Å². The van der Waals surface area contributed by atoms with Gasteiger partial charge in [-0.05, 0) is 31.7 Å². The van der Waals surface area contributed by atoms with Crippen LogP contribution in [0.25, 0.3) is 0 Å². The van der Waals surface area contributed by atoms with Crippen LogP contribution >= 0.6 is 0 Å². The van der Waals surface area contributed by atoms with Crippen LogP contribution in [-0.4, -0.2) is 23.6 Å². The second-order valence-corrected chi connectivity index (χ2v) is 5.33. The molecule has 100 valence electrons. The number of fused-ring (bicyclic) bond motifs is 1. The molecular formula is C15H23NO2. The zero-order chi connectivity index (χ0) is 13.1. The summed E-state index contributed by atoms with van der Waals surface area (Å²) in [5.74, 6) is 0.805. The van der Waals surface area contributed by atoms with Gasteiger partial charge in [0.1, 0.15) is 0 Å². The van der Waals surface area contributed by atoms with Crippen LogP contribution in [0, 0.1) is 5.92 Å². The van der Waals surface area contributed by atoms with Gasteiger partial charge in [0.2, 0.25) is 0 Å². The van der Waals surface area contributed by atoms with Gasteiger partial charge in [-0.15, -0.1) is 0 Å². The molecule has 1 aromatic heterocycles. The number of ether oxygens (including phenoxy) is 1. The van der Waals surface area contributed by atoms with Crippen molar-refractivity contribution < 1.29 is 9.53 Å². The molecule has 1 unspecified atom stereocenters. The van der Waals surface area contributed by atoms with Gasteiger partial charge in [-0.1, -0.05) is 13.8 Å². The normalized spacial score (nSPS) is 17.0. The lowest BCUT2D eigenvalue weighted by Gasteiger charge is -2.26. The van der Waals surface area contributed by atoms with Crippen molar-refractivity contribution in [1.29, 1.82) is 0 Å². The van der Waals surface area contributed by atoms with Crippen LogP contribution in [0.3, 0.4) is 0 Å². The summed E-state index contributed by atoms with van der Waals surface area (Å²) in [6.07, 6.45) is 4.77. The highest BCUT2D eigenvalue weighted by atomic mass is 16.5. The van der Waals surface area contributed by atoms with Gasteiger partial charge in [-0.3, -0.25) is 4.79 Å². The summed E-state index contributed by atoms with van der Waals surface area (Å²) >= 11 is 0. The average molecular weight is 249 g/mol. The molecule has 0 fully saturated rings. The van der Waals surface area contributed by atoms with Crippen LogP contribution in [0.1, 0.15) is 55.7 Å². The van der Waals surface area contributed by atoms with Crippen LogP contribution in [-0.2, 0) is 11.2 Å². The van der Waals surface area contributed by atoms with E-state index in [9.17, 15) is 4.79 Å². The standard InChI is InChI=1S/C15H23NO2/c1-4-18-10-14(11(2)3)16-9-8-12-13(16)6-5-7-15(12)17/h8-9,11,14H,4-7,10H2,1-3H3. The maximum absolute atomic E-state index is 11.9. The lowest BCUT2D eigenvalue weighted by molar-refractivity contribution is 0.0929. The molecule has 18 heavy (non-hydrogen) atoms. The van der Waals surface area contributed by atoms with E-state index >= 15 is 0 Å². The minimum atomic E-state index is 0.300. The number of nitrogens with zero attached hydrogens (tertiary/aromatic N) is 1. The molecule has 3 heteroatoms. The molecule has 1 aliphatic carbocycles. The monoisotopic (exact) mass is 249 g/mol. The number of Topliss-reactive ketones (excluding diaryl/α,β-unsaturated/α-hetero) is 1. The molecule has 0 aromatic carbocycles. The molecule has 0 saturated heterocycles. The Morgan fingerprint density at radius 1 is 1.39 bits per heavy atom. The summed E-state index contributed by atoms with van der Waals surface area (Å²) in [6, 6.07) is 2.32. The fourth-order valence-electron chi connectivity index (χ4n) is 2.69. The number of hydrogen-bond acceptors (Lipinski definition) is 2. The van der Waals surface area contributed by atoms with Gasteiger partial charge in [-0.2, -0.15) is 0 Å². The molecule has 0 aliphatic heterocycles. The van der Waals surface area contributed by atoms with Crippen molar-refractivity contribution in [3.63, 3.8) is 0 Å². The molecule has 3 nitrogen and oxygen atoms in total. The smallest absolute Gasteiger partial charge is 0.164 e. The lowest BCUT2D eigenvalue weighted by Crippen LogP contribution is -2.24. The molecule has 1 heterocycles. The summed E-state index contributed by atoms with van der Waals surface area (Å²) in [7, 11) is 0. The van der Waals surface area contributed by atoms with Crippen LogP contribution < -0.4 is 0 Å². The van der Waals surface area contributed by atoms with Crippen LogP contribution in [0.4, 0.5) is 0 Å². The highest BCUT2D eigenvalue weighted by molar-refractivity contribution is 5.98. The summed E-state index contributed by atoms with van der Waals surface area (Å²) in [5.41, 5.74) is 2.15. The number of carbonyl (C=O) groups is 1. The summed E-state index contributed by atoms with van der Waals surface area (Å²) in [6.45, 7) is 7.91. The third kappa shape index (κ3) is 2.51. The molecule has 0 amide bonds. The second-order valence-electron chi connectivity index (χ2n) is 5.33. The molecule has 1 aliphatic rings. The van der Waals surface area contributed by atoms with E-state index in [0.29, 0.717) is 24.2 Å². The van der Waals surface area contributed by atoms with Crippen molar-refractivity contribution in [3.8, 4) is 0 Å². The Morgan fingerprint density at radius 3 is 2.83 bits per heavy atom. The van der Waals surface area contributed by atoms with Crippen molar-refractivity contribution in [1.82, 2.24) is 4.57 Å². The van der Waals surface area contributed by atoms with Gasteiger partial charge >= 0.3 is 0 Å². The lowest BCUT2D eigenvalue weighted by atomic mass is 9.96. The van der Waals surface area contributed by atoms with E-state index in [2.05, 4.69) is 24.6 Å². The highest BCUT2D eigenvalue weighted by Gasteiger charge is 2.25. The molecule has 0 spiro atoms. The highest BCUT2D eigenvalue weighted by Crippen LogP contribution is 2.28. The van der Waals surface area contributed by atoms with Crippen molar-refractivity contribution in [2.75, 3.05) is 13.2 Å². The van der Waals surface area contributed by atoms with Gasteiger partial charge in [-0.25, -0.2) is 0 Å². The molecule has 2 rings (SSSR count). The maximum atomic E-state index is 11.9. The largest absolute Gasteiger partial charge is 0.380 e. The number of carbonyl (C=O) groups excluding carboxylic acids is 1. The van der Waals surface area contributed by atoms with Crippen molar-refractivity contribution in [2.45, 2.75) is 46.1 Å². The fourth-order valence-corrected chi connectivity index (χ4v) is 2.69. The molecule has 0 radical (unpaired) electrons. The average Bonchev–Trinajstić information content (AvgIpc) is 2.75. The molecule has 0 bridgehead atoms. The third-order valence-corrected chi connectivity index (χ3v) is 3.76. The topological polar surface area (TPSA) is 31.2 Å². The fraction of sp³-hybridized carbons (Fsp3) is 0.667. The quantitative estimate of drug-likeness (QED) is 0.802. The Hall–Kier alpha value is -1.09. The third-order valence-electron chi connectivity index (χ3n) is 3.76. The SMILES string of the molecule is CCOCC(C(C)C)n1ccc2c1CCCC2=O. The van der Waals surface area contributed by atoms with Gasteiger partial charge < -0.3 is 9.30 Å². The van der Waals surface area contributed by atoms with Gasteiger partial charge in [0, 0.05) is 30.5 Å². The first-order valence-corrected chi connectivity index (χ1v) is 6.95. The van der Waals surface area contributed by atoms with Crippen molar-refractivity contribution >= 4 is 5.78 Å². The van der Waals surface area contributed by atoms with E-state index in [1.54, 1.807) is 0 Å². The minimum absolute atomic E-state index is 0.300. The first-order chi connectivity index (χ1) is 8.65. The zero-order valence-corrected chi connectivity index (χ0v) is 11.6. The number of rotatable bonds is 5. The van der Waals surface area contributed by atoms with Crippen molar-refractivity contribution in [3.05, 3.63) is 23.5 Å². The number of hydrogen-bond donors (Lipinski definition) is 0. The zero-order valence-electron chi connectivity index (χ0n) is 11.6. The predicted molar refractivity (Wildman–Crippen MR) is 72.1 cm³/mol. The summed E-state index contributed by atoms with van der Waals surface area (Å²) < 4.78 is 7.86. The van der Waals surface area contributed by atoms with E-state index in [0.717, 1.165) is 31.6 Å². The maximum Gasteiger partial charge on any atom is 0.164 e. The first-order valence-electron chi connectivity index (χ1n) is 6.95. The second kappa shape index (κ2) is 5.70. The minimum Gasteiger partial charge on any atom is -0.380 e. The van der Waals surface area contributed by atoms with E-state index in [-0.39, 0.29) is 0 Å². The Morgan fingerprint density at radius 2 is 2.17 bits per heavy atom. The van der Waals surface area contributed by atoms with Crippen LogP contribution in [0.5, 0.6) is 0 Å². The molecule has 1 atom stereocenters. The Balaban J connectivity index is 2.28. The van der Waals surface area contributed by atoms with Gasteiger partial charge in [0.15, 0.2) is 5.78 Å². The molecule has 0 saturated carbocycles. The summed E-state index contributed by atoms with van der Waals surface area (Å²) in [5, 5.41) is 0. The van der Waals surface area contributed by atoms with E-state index < -0.39 is 0 Å². The van der Waals surface area contributed by atoms with Gasteiger partial charge in [0.25, 0.3) is 0 Å². The van der Waals surface area contributed by atoms with E-state index in [4.69, 9.17) is 4.74 Å². The molecule has 0 N–H and O–H groups in total. The van der Waals surface area contributed by atoms with E-state index in [1.165, 1.54) is 5.69 Å². The van der Waals surface area contributed by atoms with Crippen LogP contribution in [0.15, 0.2) is 12.3 Å². The first kappa shape index (κ1) is 13.3. The Kier molecular flexibility index (Phi) is 4.23. The van der Waals surface area contributed by atoms with Crippen molar-refractivity contribution in [2.24, 2.45) is 5.92 Å². The van der Waals surface area contributed by atoms with E-state index in [1.807, 2.05) is 13.0 Å². The molecular weight excluding hydrogens is 226 g/mol. The van der Waals surface area contributed by atoms with Crippen LogP contribution in [0.2, 0.25) is 0 Å². The predicted octanol–water partition coefficient (Wildman–Crippen LogP) is 3.24. The number of ketones is 1. The number of aromatic nitrogens is 1.